The molecular weight excluding hydrogens is 360 g/mol. The number of hydrogen-bond donors (Lipinski definition) is 1. The Hall–Kier alpha value is -2.81. The molecule has 1 saturated heterocycles. The van der Waals surface area contributed by atoms with Gasteiger partial charge < -0.3 is 15.0 Å². The lowest BCUT2D eigenvalue weighted by Gasteiger charge is -2.36. The molecule has 2 heterocycles. The fraction of sp³-hybridized carbons (Fsp3) is 0.526. The zero-order chi connectivity index (χ0) is 20.1. The highest BCUT2D eigenvalue weighted by atomic mass is 16.5. The number of hydrogen-bond acceptors (Lipinski definition) is 7. The largest absolute Gasteiger partial charge is 0.497 e. The Morgan fingerprint density at radius 3 is 2.39 bits per heavy atom. The average molecular weight is 388 g/mol. The molecule has 1 aromatic carbocycles. The van der Waals surface area contributed by atoms with Crippen LogP contribution in [0.15, 0.2) is 33.9 Å². The summed E-state index contributed by atoms with van der Waals surface area (Å²) in [5.74, 6) is 1.09. The maximum atomic E-state index is 12.0. The summed E-state index contributed by atoms with van der Waals surface area (Å²) in [5.41, 5.74) is 0.403. The second kappa shape index (κ2) is 8.92. The summed E-state index contributed by atoms with van der Waals surface area (Å²) in [7, 11) is 4.67. The van der Waals surface area contributed by atoms with E-state index in [1.54, 1.807) is 7.11 Å². The van der Waals surface area contributed by atoms with Crippen LogP contribution in [0.4, 0.5) is 11.5 Å². The quantitative estimate of drug-likeness (QED) is 0.674. The van der Waals surface area contributed by atoms with Crippen molar-refractivity contribution in [3.8, 4) is 5.75 Å². The van der Waals surface area contributed by atoms with Gasteiger partial charge in [0.25, 0.3) is 5.56 Å². The molecule has 0 saturated carbocycles. The van der Waals surface area contributed by atoms with Gasteiger partial charge in [0.1, 0.15) is 5.75 Å². The molecule has 0 bridgehead atoms. The van der Waals surface area contributed by atoms with E-state index in [2.05, 4.69) is 32.3 Å². The van der Waals surface area contributed by atoms with Gasteiger partial charge in [0, 0.05) is 52.5 Å². The van der Waals surface area contributed by atoms with Crippen molar-refractivity contribution in [3.63, 3.8) is 0 Å². The molecule has 0 unspecified atom stereocenters. The lowest BCUT2D eigenvalue weighted by molar-refractivity contribution is 0.257. The predicted octanol–water partition coefficient (Wildman–Crippen LogP) is 0.112. The Balaban J connectivity index is 1.42. The highest BCUT2D eigenvalue weighted by Crippen LogP contribution is 2.20. The molecule has 152 valence electrons. The van der Waals surface area contributed by atoms with E-state index in [0.717, 1.165) is 49.5 Å². The van der Waals surface area contributed by atoms with E-state index in [-0.39, 0.29) is 5.82 Å². The lowest BCUT2D eigenvalue weighted by Crippen LogP contribution is -2.46. The molecule has 0 atom stereocenters. The van der Waals surface area contributed by atoms with Crippen molar-refractivity contribution in [1.29, 1.82) is 0 Å². The maximum absolute atomic E-state index is 12.0. The third-order valence-electron chi connectivity index (χ3n) is 5.07. The third kappa shape index (κ3) is 4.53. The molecule has 2 aromatic rings. The van der Waals surface area contributed by atoms with Crippen molar-refractivity contribution in [1.82, 2.24) is 19.2 Å². The van der Waals surface area contributed by atoms with E-state index < -0.39 is 11.2 Å². The van der Waals surface area contributed by atoms with Crippen LogP contribution in [-0.4, -0.2) is 65.6 Å². The summed E-state index contributed by atoms with van der Waals surface area (Å²) < 4.78 is 7.44. The molecule has 28 heavy (non-hydrogen) atoms. The first kappa shape index (κ1) is 19.9. The molecule has 1 aliphatic rings. The van der Waals surface area contributed by atoms with Gasteiger partial charge in [0.2, 0.25) is 5.82 Å². The summed E-state index contributed by atoms with van der Waals surface area (Å²) in [6.45, 7) is 5.58. The van der Waals surface area contributed by atoms with Gasteiger partial charge in [-0.25, -0.2) is 9.48 Å². The number of piperazine rings is 1. The Bertz CT molecular complexity index is 897. The van der Waals surface area contributed by atoms with Gasteiger partial charge in [0.15, 0.2) is 0 Å². The lowest BCUT2D eigenvalue weighted by atomic mass is 10.2. The van der Waals surface area contributed by atoms with Gasteiger partial charge in [-0.2, -0.15) is 0 Å². The van der Waals surface area contributed by atoms with E-state index in [9.17, 15) is 9.59 Å². The van der Waals surface area contributed by atoms with Crippen LogP contribution in [0.25, 0.3) is 0 Å². The number of anilines is 2. The van der Waals surface area contributed by atoms with Crippen LogP contribution in [0.3, 0.4) is 0 Å². The van der Waals surface area contributed by atoms with Crippen molar-refractivity contribution >= 4 is 11.5 Å². The average Bonchev–Trinajstić information content (AvgIpc) is 2.73. The molecule has 0 amide bonds. The molecule has 0 aliphatic carbocycles. The van der Waals surface area contributed by atoms with Crippen LogP contribution in [0.1, 0.15) is 6.42 Å². The fourth-order valence-electron chi connectivity index (χ4n) is 3.34. The topological polar surface area (TPSA) is 84.6 Å². The molecule has 1 fully saturated rings. The van der Waals surface area contributed by atoms with Crippen molar-refractivity contribution < 1.29 is 4.74 Å². The van der Waals surface area contributed by atoms with E-state index in [1.807, 2.05) is 12.1 Å². The van der Waals surface area contributed by atoms with Crippen molar-refractivity contribution in [2.24, 2.45) is 14.1 Å². The van der Waals surface area contributed by atoms with Crippen LogP contribution in [-0.2, 0) is 14.1 Å². The highest BCUT2D eigenvalue weighted by Gasteiger charge is 2.17. The van der Waals surface area contributed by atoms with Crippen molar-refractivity contribution in [2.75, 3.05) is 56.6 Å². The van der Waals surface area contributed by atoms with Crippen molar-refractivity contribution in [3.05, 3.63) is 45.1 Å². The first-order chi connectivity index (χ1) is 13.5. The maximum Gasteiger partial charge on any atom is 0.346 e. The number of aryl methyl sites for hydroxylation is 1. The number of methoxy groups -OCH3 is 1. The van der Waals surface area contributed by atoms with Gasteiger partial charge in [0.05, 0.1) is 7.11 Å². The first-order valence-electron chi connectivity index (χ1n) is 9.49. The summed E-state index contributed by atoms with van der Waals surface area (Å²) >= 11 is 0. The number of nitrogens with one attached hydrogen (secondary N) is 1. The number of nitrogens with zero attached hydrogens (tertiary/aromatic N) is 5. The Labute approximate surface area is 164 Å². The number of benzene rings is 1. The van der Waals surface area contributed by atoms with Crippen LogP contribution in [0.5, 0.6) is 5.75 Å². The number of rotatable bonds is 7. The standard InChI is InChI=1S/C19H28N6O3/c1-22-18(26)17(21-23(2)19(22)27)20-9-4-10-24-11-13-25(14-12-24)15-5-7-16(28-3)8-6-15/h5-8H,4,9-14H2,1-3H3,(H,20,21). The van der Waals surface area contributed by atoms with Gasteiger partial charge in [-0.3, -0.25) is 14.3 Å². The molecule has 1 N–H and O–H groups in total. The summed E-state index contributed by atoms with van der Waals surface area (Å²) in [6, 6.07) is 8.17. The second-order valence-corrected chi connectivity index (χ2v) is 6.93. The van der Waals surface area contributed by atoms with Crippen LogP contribution in [0.2, 0.25) is 0 Å². The van der Waals surface area contributed by atoms with E-state index >= 15 is 0 Å². The zero-order valence-corrected chi connectivity index (χ0v) is 16.7. The monoisotopic (exact) mass is 388 g/mol. The van der Waals surface area contributed by atoms with Gasteiger partial charge in [-0.1, -0.05) is 0 Å². The molecule has 0 radical (unpaired) electrons. The Morgan fingerprint density at radius 2 is 1.75 bits per heavy atom. The van der Waals surface area contributed by atoms with Crippen molar-refractivity contribution in [2.45, 2.75) is 6.42 Å². The van der Waals surface area contributed by atoms with E-state index in [1.165, 1.54) is 24.5 Å². The number of aromatic nitrogens is 3. The predicted molar refractivity (Wildman–Crippen MR) is 109 cm³/mol. The Kier molecular flexibility index (Phi) is 6.35. The highest BCUT2D eigenvalue weighted by molar-refractivity contribution is 5.49. The van der Waals surface area contributed by atoms with Gasteiger partial charge in [-0.05, 0) is 37.2 Å². The van der Waals surface area contributed by atoms with Gasteiger partial charge in [-0.15, -0.1) is 5.10 Å². The SMILES string of the molecule is COc1ccc(N2CCN(CCCNc3nn(C)c(=O)n(C)c3=O)CC2)cc1. The second-order valence-electron chi connectivity index (χ2n) is 6.93. The van der Waals surface area contributed by atoms with Gasteiger partial charge >= 0.3 is 5.69 Å². The first-order valence-corrected chi connectivity index (χ1v) is 9.49. The van der Waals surface area contributed by atoms with Crippen LogP contribution >= 0.6 is 0 Å². The zero-order valence-electron chi connectivity index (χ0n) is 16.7. The Morgan fingerprint density at radius 1 is 1.07 bits per heavy atom. The molecule has 0 spiro atoms. The molecule has 1 aliphatic heterocycles. The van der Waals surface area contributed by atoms with E-state index in [4.69, 9.17) is 4.74 Å². The minimum absolute atomic E-state index is 0.217. The minimum atomic E-state index is -0.426. The summed E-state index contributed by atoms with van der Waals surface area (Å²) in [5, 5.41) is 7.06. The molecular formula is C19H28N6O3. The van der Waals surface area contributed by atoms with Crippen LogP contribution in [0, 0.1) is 0 Å². The summed E-state index contributed by atoms with van der Waals surface area (Å²) in [6.07, 6.45) is 0.899. The van der Waals surface area contributed by atoms with E-state index in [0.29, 0.717) is 6.54 Å². The third-order valence-corrected chi connectivity index (χ3v) is 5.07. The molecule has 3 rings (SSSR count). The smallest absolute Gasteiger partial charge is 0.346 e. The van der Waals surface area contributed by atoms with Crippen LogP contribution < -0.4 is 26.2 Å². The fourth-order valence-corrected chi connectivity index (χ4v) is 3.34. The molecule has 1 aromatic heterocycles. The molecule has 9 heteroatoms. The molecule has 9 nitrogen and oxygen atoms in total. The summed E-state index contributed by atoms with van der Waals surface area (Å²) in [4.78, 5) is 28.5. The minimum Gasteiger partial charge on any atom is -0.497 e. The number of ether oxygens (including phenoxy) is 1. The normalized spacial score (nSPS) is 14.9.